The molecule has 0 fully saturated rings. The lowest BCUT2D eigenvalue weighted by Crippen LogP contribution is -2.18. The molecular formula is C10H4Cl2O5. The van der Waals surface area contributed by atoms with E-state index in [1.165, 1.54) is 0 Å². The molecule has 88 valence electrons. The van der Waals surface area contributed by atoms with Crippen molar-refractivity contribution in [1.82, 2.24) is 0 Å². The maximum Gasteiger partial charge on any atom is 0.210 e. The van der Waals surface area contributed by atoms with Crippen LogP contribution in [-0.2, 0) is 0 Å². The van der Waals surface area contributed by atoms with E-state index in [4.69, 9.17) is 23.2 Å². The van der Waals surface area contributed by atoms with Crippen molar-refractivity contribution < 1.29 is 24.9 Å². The Morgan fingerprint density at radius 3 is 1.82 bits per heavy atom. The zero-order valence-corrected chi connectivity index (χ0v) is 9.50. The van der Waals surface area contributed by atoms with Gasteiger partial charge in [-0.3, -0.25) is 9.59 Å². The van der Waals surface area contributed by atoms with Crippen molar-refractivity contribution in [1.29, 1.82) is 0 Å². The van der Waals surface area contributed by atoms with E-state index in [1.54, 1.807) is 0 Å². The number of allylic oxidation sites excluding steroid dienone is 2. The summed E-state index contributed by atoms with van der Waals surface area (Å²) in [6, 6.07) is 0.739. The third-order valence-electron chi connectivity index (χ3n) is 2.30. The van der Waals surface area contributed by atoms with E-state index in [9.17, 15) is 24.9 Å². The quantitative estimate of drug-likeness (QED) is 0.496. The Morgan fingerprint density at radius 2 is 1.29 bits per heavy atom. The Balaban J connectivity index is 2.90. The van der Waals surface area contributed by atoms with Gasteiger partial charge in [-0.25, -0.2) is 0 Å². The van der Waals surface area contributed by atoms with Crippen LogP contribution in [0.2, 0.25) is 0 Å². The molecule has 2 rings (SSSR count). The molecular weight excluding hydrogens is 271 g/mol. The molecule has 0 amide bonds. The number of hydrogen-bond acceptors (Lipinski definition) is 5. The van der Waals surface area contributed by atoms with E-state index in [0.717, 1.165) is 6.07 Å². The molecule has 0 aliphatic heterocycles. The smallest absolute Gasteiger partial charge is 0.210 e. The highest BCUT2D eigenvalue weighted by Gasteiger charge is 2.36. The van der Waals surface area contributed by atoms with Crippen molar-refractivity contribution in [3.8, 4) is 17.2 Å². The van der Waals surface area contributed by atoms with Gasteiger partial charge in [-0.05, 0) is 0 Å². The highest BCUT2D eigenvalue weighted by Crippen LogP contribution is 2.43. The number of carbonyl (C=O) groups is 2. The Morgan fingerprint density at radius 1 is 0.824 bits per heavy atom. The summed E-state index contributed by atoms with van der Waals surface area (Å²) in [4.78, 5) is 23.4. The van der Waals surface area contributed by atoms with Gasteiger partial charge >= 0.3 is 0 Å². The minimum absolute atomic E-state index is 0.472. The third kappa shape index (κ3) is 1.47. The number of phenols is 3. The second kappa shape index (κ2) is 3.65. The van der Waals surface area contributed by atoms with Crippen LogP contribution in [0, 0.1) is 0 Å². The number of fused-ring (bicyclic) bond motifs is 1. The molecule has 1 aromatic rings. The van der Waals surface area contributed by atoms with Crippen LogP contribution in [0.4, 0.5) is 0 Å². The number of benzene rings is 1. The van der Waals surface area contributed by atoms with Crippen molar-refractivity contribution in [2.24, 2.45) is 0 Å². The van der Waals surface area contributed by atoms with Gasteiger partial charge < -0.3 is 15.3 Å². The number of Topliss-reactive ketones (excluding diaryl/α,β-unsaturated/α-hetero) is 2. The van der Waals surface area contributed by atoms with Gasteiger partial charge in [0, 0.05) is 6.07 Å². The van der Waals surface area contributed by atoms with Crippen molar-refractivity contribution in [3.63, 3.8) is 0 Å². The van der Waals surface area contributed by atoms with Gasteiger partial charge in [0.05, 0.1) is 11.1 Å². The zero-order valence-electron chi connectivity index (χ0n) is 7.99. The molecule has 0 radical (unpaired) electrons. The topological polar surface area (TPSA) is 94.8 Å². The molecule has 1 aromatic carbocycles. The molecule has 0 atom stereocenters. The molecule has 1 aliphatic carbocycles. The Hall–Kier alpha value is -1.72. The molecule has 0 unspecified atom stereocenters. The first-order chi connectivity index (χ1) is 7.86. The van der Waals surface area contributed by atoms with Gasteiger partial charge in [0.25, 0.3) is 0 Å². The van der Waals surface area contributed by atoms with Crippen LogP contribution in [0.25, 0.3) is 0 Å². The summed E-state index contributed by atoms with van der Waals surface area (Å²) < 4.78 is 0. The molecule has 5 nitrogen and oxygen atoms in total. The summed E-state index contributed by atoms with van der Waals surface area (Å²) in [5, 5.41) is 27.1. The average molecular weight is 275 g/mol. The van der Waals surface area contributed by atoms with Crippen LogP contribution in [0.5, 0.6) is 17.2 Å². The molecule has 0 aromatic heterocycles. The van der Waals surface area contributed by atoms with Gasteiger partial charge in [0.15, 0.2) is 11.5 Å². The Labute approximate surface area is 105 Å². The van der Waals surface area contributed by atoms with Gasteiger partial charge in [-0.2, -0.15) is 0 Å². The number of phenolic OH excluding ortho intramolecular Hbond substituents is 3. The fourth-order valence-electron chi connectivity index (χ4n) is 1.51. The zero-order chi connectivity index (χ0) is 12.9. The normalized spacial score (nSPS) is 15.2. The standard InChI is InChI=1S/C10H4Cl2O5/c11-6-7(12)10(17)5-4(9(6)16)2(13)1-3(14)8(5)15/h1,13-15H. The van der Waals surface area contributed by atoms with Crippen LogP contribution in [0.1, 0.15) is 20.7 Å². The average Bonchev–Trinajstić information content (AvgIpc) is 2.28. The van der Waals surface area contributed by atoms with Gasteiger partial charge in [-0.15, -0.1) is 0 Å². The first-order valence-corrected chi connectivity index (χ1v) is 5.04. The van der Waals surface area contributed by atoms with E-state index in [2.05, 4.69) is 0 Å². The number of ketones is 2. The lowest BCUT2D eigenvalue weighted by molar-refractivity contribution is 0.0981. The van der Waals surface area contributed by atoms with Crippen LogP contribution in [0.3, 0.4) is 0 Å². The van der Waals surface area contributed by atoms with Crippen molar-refractivity contribution in [2.45, 2.75) is 0 Å². The van der Waals surface area contributed by atoms with E-state index < -0.39 is 50.0 Å². The third-order valence-corrected chi connectivity index (χ3v) is 3.12. The number of carbonyl (C=O) groups excluding carboxylic acids is 2. The van der Waals surface area contributed by atoms with E-state index >= 15 is 0 Å². The molecule has 0 saturated heterocycles. The first kappa shape index (κ1) is 11.8. The monoisotopic (exact) mass is 274 g/mol. The molecule has 0 saturated carbocycles. The van der Waals surface area contributed by atoms with E-state index in [0.29, 0.717) is 0 Å². The van der Waals surface area contributed by atoms with Crippen LogP contribution >= 0.6 is 23.2 Å². The van der Waals surface area contributed by atoms with Crippen LogP contribution < -0.4 is 0 Å². The molecule has 1 aliphatic rings. The molecule has 3 N–H and O–H groups in total. The largest absolute Gasteiger partial charge is 0.507 e. The van der Waals surface area contributed by atoms with Crippen LogP contribution in [0.15, 0.2) is 16.1 Å². The van der Waals surface area contributed by atoms with E-state index in [1.807, 2.05) is 0 Å². The van der Waals surface area contributed by atoms with Crippen molar-refractivity contribution >= 4 is 34.8 Å². The summed E-state index contributed by atoms with van der Waals surface area (Å²) in [5.74, 6) is -4.03. The summed E-state index contributed by atoms with van der Waals surface area (Å²) in [6.07, 6.45) is 0. The summed E-state index contributed by atoms with van der Waals surface area (Å²) in [5.41, 5.74) is -1.03. The molecule has 0 bridgehead atoms. The summed E-state index contributed by atoms with van der Waals surface area (Å²) >= 11 is 11.0. The van der Waals surface area contributed by atoms with Crippen LogP contribution in [-0.4, -0.2) is 26.9 Å². The first-order valence-electron chi connectivity index (χ1n) is 4.28. The predicted octanol–water partition coefficient (Wildman–Crippen LogP) is 1.87. The number of aromatic hydroxyl groups is 3. The second-order valence-corrected chi connectivity index (χ2v) is 4.06. The molecule has 7 heteroatoms. The SMILES string of the molecule is O=C1C(Cl)=C(Cl)C(=O)c2c(O)c(O)cc(O)c21. The number of halogens is 2. The minimum Gasteiger partial charge on any atom is -0.507 e. The van der Waals surface area contributed by atoms with E-state index in [-0.39, 0.29) is 0 Å². The number of hydrogen-bond donors (Lipinski definition) is 3. The second-order valence-electron chi connectivity index (χ2n) is 3.30. The Bertz CT molecular complexity index is 603. The number of rotatable bonds is 0. The van der Waals surface area contributed by atoms with Gasteiger partial charge in [-0.1, -0.05) is 23.2 Å². The minimum atomic E-state index is -0.935. The maximum atomic E-state index is 11.7. The molecule has 0 heterocycles. The predicted molar refractivity (Wildman–Crippen MR) is 58.8 cm³/mol. The van der Waals surface area contributed by atoms with Gasteiger partial charge in [0.2, 0.25) is 11.6 Å². The highest BCUT2D eigenvalue weighted by molar-refractivity contribution is 6.59. The fraction of sp³-hybridized carbons (Fsp3) is 0. The summed E-state index contributed by atoms with van der Waals surface area (Å²) in [7, 11) is 0. The molecule has 0 spiro atoms. The fourth-order valence-corrected chi connectivity index (χ4v) is 1.87. The highest BCUT2D eigenvalue weighted by atomic mass is 35.5. The molecule has 17 heavy (non-hydrogen) atoms. The lowest BCUT2D eigenvalue weighted by Gasteiger charge is -2.16. The maximum absolute atomic E-state index is 11.7. The summed E-state index contributed by atoms with van der Waals surface area (Å²) in [6.45, 7) is 0. The Kier molecular flexibility index (Phi) is 2.52. The van der Waals surface area contributed by atoms with Gasteiger partial charge in [0.1, 0.15) is 15.8 Å². The van der Waals surface area contributed by atoms with Crippen molar-refractivity contribution in [2.75, 3.05) is 0 Å². The lowest BCUT2D eigenvalue weighted by atomic mass is 9.92. The van der Waals surface area contributed by atoms with Crippen molar-refractivity contribution in [3.05, 3.63) is 27.3 Å².